The average Bonchev–Trinajstić information content (AvgIpc) is 2.20. The van der Waals surface area contributed by atoms with Crippen molar-refractivity contribution in [2.24, 2.45) is 0 Å². The number of allylic oxidation sites excluding steroid dienone is 1. The first-order chi connectivity index (χ1) is 8.20. The highest BCUT2D eigenvalue weighted by Gasteiger charge is 2.32. The molecule has 2 nitrogen and oxygen atoms in total. The van der Waals surface area contributed by atoms with Gasteiger partial charge in [-0.05, 0) is 24.3 Å². The fourth-order valence-electron chi connectivity index (χ4n) is 1.10. The Morgan fingerprint density at radius 3 is 2.56 bits per heavy atom. The summed E-state index contributed by atoms with van der Waals surface area (Å²) in [5.41, 5.74) is 0.0573. The third kappa shape index (κ3) is 4.34. The van der Waals surface area contributed by atoms with Crippen LogP contribution in [0.4, 0.5) is 13.2 Å². The van der Waals surface area contributed by atoms with Gasteiger partial charge in [-0.3, -0.25) is 4.79 Å². The summed E-state index contributed by atoms with van der Waals surface area (Å²) in [6.45, 7) is 1.15. The highest BCUT2D eigenvalue weighted by molar-refractivity contribution is 9.10. The van der Waals surface area contributed by atoms with Crippen LogP contribution in [-0.2, 0) is 4.79 Å². The maximum absolute atomic E-state index is 12.3. The van der Waals surface area contributed by atoms with E-state index in [2.05, 4.69) is 15.9 Å². The minimum atomic E-state index is -4.64. The van der Waals surface area contributed by atoms with Gasteiger partial charge in [0.15, 0.2) is 0 Å². The second kappa shape index (κ2) is 5.75. The predicted molar refractivity (Wildman–Crippen MR) is 65.3 cm³/mol. The molecule has 18 heavy (non-hydrogen) atoms. The van der Waals surface area contributed by atoms with Crippen molar-refractivity contribution < 1.29 is 22.7 Å². The molecular formula is C11H7BrClF3O2. The van der Waals surface area contributed by atoms with E-state index < -0.39 is 17.2 Å². The molecule has 0 bridgehead atoms. The molecule has 0 saturated carbocycles. The third-order valence-electron chi connectivity index (χ3n) is 1.78. The van der Waals surface area contributed by atoms with E-state index >= 15 is 0 Å². The molecule has 1 rings (SSSR count). The molecule has 98 valence electrons. The number of halogens is 5. The Balaban J connectivity index is 3.21. The van der Waals surface area contributed by atoms with Crippen molar-refractivity contribution in [3.63, 3.8) is 0 Å². The molecule has 0 saturated heterocycles. The SMILES string of the molecule is CC(=O)Oc1ccc(Br)cc1C=C(Cl)C(F)(F)F. The molecule has 0 unspecified atom stereocenters. The van der Waals surface area contributed by atoms with Crippen molar-refractivity contribution in [1.82, 2.24) is 0 Å². The van der Waals surface area contributed by atoms with Crippen LogP contribution in [0, 0.1) is 0 Å². The van der Waals surface area contributed by atoms with E-state index in [-0.39, 0.29) is 11.3 Å². The van der Waals surface area contributed by atoms with Crippen molar-refractivity contribution in [2.45, 2.75) is 13.1 Å². The molecule has 0 radical (unpaired) electrons. The Hall–Kier alpha value is -1.01. The normalized spacial score (nSPS) is 12.4. The van der Waals surface area contributed by atoms with Crippen LogP contribution in [0.1, 0.15) is 12.5 Å². The van der Waals surface area contributed by atoms with Crippen LogP contribution < -0.4 is 4.74 Å². The number of hydrogen-bond donors (Lipinski definition) is 0. The second-order valence-electron chi connectivity index (χ2n) is 3.27. The lowest BCUT2D eigenvalue weighted by molar-refractivity contribution is -0.131. The van der Waals surface area contributed by atoms with Crippen LogP contribution in [0.3, 0.4) is 0 Å². The van der Waals surface area contributed by atoms with Gasteiger partial charge < -0.3 is 4.74 Å². The predicted octanol–water partition coefficient (Wildman–Crippen LogP) is 4.52. The highest BCUT2D eigenvalue weighted by atomic mass is 79.9. The van der Waals surface area contributed by atoms with E-state index in [1.165, 1.54) is 18.2 Å². The molecule has 1 aromatic rings. The third-order valence-corrected chi connectivity index (χ3v) is 2.60. The lowest BCUT2D eigenvalue weighted by Gasteiger charge is -2.08. The van der Waals surface area contributed by atoms with Gasteiger partial charge in [-0.1, -0.05) is 27.5 Å². The van der Waals surface area contributed by atoms with E-state index in [1.807, 2.05) is 0 Å². The Kier molecular flexibility index (Phi) is 4.81. The number of esters is 1. The number of carbonyl (C=O) groups excluding carboxylic acids is 1. The molecule has 0 amide bonds. The molecule has 0 spiro atoms. The maximum atomic E-state index is 12.3. The van der Waals surface area contributed by atoms with Gasteiger partial charge in [-0.2, -0.15) is 13.2 Å². The van der Waals surface area contributed by atoms with Gasteiger partial charge in [-0.15, -0.1) is 0 Å². The summed E-state index contributed by atoms with van der Waals surface area (Å²) in [6.07, 6.45) is -3.94. The molecule has 1 aromatic carbocycles. The second-order valence-corrected chi connectivity index (χ2v) is 4.59. The first kappa shape index (κ1) is 15.0. The molecule has 7 heteroatoms. The van der Waals surface area contributed by atoms with Crippen molar-refractivity contribution in [3.05, 3.63) is 33.3 Å². The quantitative estimate of drug-likeness (QED) is 0.583. The first-order valence-corrected chi connectivity index (χ1v) is 5.79. The summed E-state index contributed by atoms with van der Waals surface area (Å²) in [5.74, 6) is -0.622. The number of benzene rings is 1. The molecule has 0 heterocycles. The lowest BCUT2D eigenvalue weighted by Crippen LogP contribution is -2.07. The standard InChI is InChI=1S/C11H7BrClF3O2/c1-6(17)18-9-3-2-8(12)4-7(9)5-10(13)11(14,15)16/h2-5H,1H3. The first-order valence-electron chi connectivity index (χ1n) is 4.62. The lowest BCUT2D eigenvalue weighted by atomic mass is 10.2. The van der Waals surface area contributed by atoms with Crippen LogP contribution >= 0.6 is 27.5 Å². The fraction of sp³-hybridized carbons (Fsp3) is 0.182. The van der Waals surface area contributed by atoms with E-state index in [4.69, 9.17) is 16.3 Å². The summed E-state index contributed by atoms with van der Waals surface area (Å²) in [7, 11) is 0. The molecule has 0 N–H and O–H groups in total. The van der Waals surface area contributed by atoms with Gasteiger partial charge in [0, 0.05) is 17.0 Å². The molecular weight excluding hydrogens is 336 g/mol. The average molecular weight is 344 g/mol. The highest BCUT2D eigenvalue weighted by Crippen LogP contribution is 2.33. The van der Waals surface area contributed by atoms with E-state index in [1.54, 1.807) is 0 Å². The number of hydrogen-bond acceptors (Lipinski definition) is 2. The van der Waals surface area contributed by atoms with Crippen molar-refractivity contribution >= 4 is 39.6 Å². The number of rotatable bonds is 2. The fourth-order valence-corrected chi connectivity index (χ4v) is 1.59. The van der Waals surface area contributed by atoms with Gasteiger partial charge in [-0.25, -0.2) is 0 Å². The molecule has 0 aliphatic heterocycles. The van der Waals surface area contributed by atoms with Crippen LogP contribution in [0.15, 0.2) is 27.7 Å². The summed E-state index contributed by atoms with van der Waals surface area (Å²) in [5, 5.41) is -1.30. The number of carbonyl (C=O) groups is 1. The minimum absolute atomic E-state index is 0.00750. The van der Waals surface area contributed by atoms with Gasteiger partial charge in [0.05, 0.1) is 0 Å². The van der Waals surface area contributed by atoms with Gasteiger partial charge in [0.2, 0.25) is 0 Å². The zero-order valence-corrected chi connectivity index (χ0v) is 11.4. The minimum Gasteiger partial charge on any atom is -0.426 e. The Labute approximate surface area is 115 Å². The molecule has 0 aliphatic rings. The largest absolute Gasteiger partial charge is 0.426 e. The Bertz CT molecular complexity index is 498. The van der Waals surface area contributed by atoms with Crippen LogP contribution in [0.5, 0.6) is 5.75 Å². The van der Waals surface area contributed by atoms with Crippen LogP contribution in [0.2, 0.25) is 0 Å². The van der Waals surface area contributed by atoms with Crippen LogP contribution in [0.25, 0.3) is 6.08 Å². The van der Waals surface area contributed by atoms with Crippen LogP contribution in [-0.4, -0.2) is 12.1 Å². The van der Waals surface area contributed by atoms with Gasteiger partial charge >= 0.3 is 12.1 Å². The molecule has 0 atom stereocenters. The van der Waals surface area contributed by atoms with E-state index in [0.717, 1.165) is 6.92 Å². The summed E-state index contributed by atoms with van der Waals surface area (Å²) >= 11 is 8.24. The topological polar surface area (TPSA) is 26.3 Å². The Morgan fingerprint density at radius 2 is 2.06 bits per heavy atom. The summed E-state index contributed by atoms with van der Waals surface area (Å²) in [4.78, 5) is 10.8. The molecule has 0 fully saturated rings. The van der Waals surface area contributed by atoms with Gasteiger partial charge in [0.1, 0.15) is 10.8 Å². The van der Waals surface area contributed by atoms with E-state index in [0.29, 0.717) is 10.5 Å². The maximum Gasteiger partial charge on any atom is 0.426 e. The molecule has 0 aromatic heterocycles. The van der Waals surface area contributed by atoms with Crippen molar-refractivity contribution in [3.8, 4) is 5.75 Å². The smallest absolute Gasteiger partial charge is 0.426 e. The number of ether oxygens (including phenoxy) is 1. The zero-order valence-electron chi connectivity index (χ0n) is 9.02. The summed E-state index contributed by atoms with van der Waals surface area (Å²) in [6, 6.07) is 4.28. The molecule has 0 aliphatic carbocycles. The monoisotopic (exact) mass is 342 g/mol. The number of alkyl halides is 3. The van der Waals surface area contributed by atoms with Gasteiger partial charge in [0.25, 0.3) is 0 Å². The van der Waals surface area contributed by atoms with Crippen molar-refractivity contribution in [2.75, 3.05) is 0 Å². The van der Waals surface area contributed by atoms with Crippen molar-refractivity contribution in [1.29, 1.82) is 0 Å². The Morgan fingerprint density at radius 1 is 1.44 bits per heavy atom. The van der Waals surface area contributed by atoms with E-state index in [9.17, 15) is 18.0 Å². The zero-order chi connectivity index (χ0) is 13.9. The summed E-state index contributed by atoms with van der Waals surface area (Å²) < 4.78 is 42.3.